The summed E-state index contributed by atoms with van der Waals surface area (Å²) in [7, 11) is 0. The van der Waals surface area contributed by atoms with E-state index < -0.39 is 5.82 Å². The smallest absolute Gasteiger partial charge is 0.224 e. The minimum Gasteiger partial charge on any atom is -0.399 e. The van der Waals surface area contributed by atoms with Crippen LogP contribution < -0.4 is 11.1 Å². The number of benzene rings is 1. The highest BCUT2D eigenvalue weighted by Crippen LogP contribution is 2.18. The number of carbonyl (C=O) groups is 1. The average molecular weight is 306 g/mol. The lowest BCUT2D eigenvalue weighted by Gasteiger charge is -2.07. The topological polar surface area (TPSA) is 80.9 Å². The molecule has 5 nitrogen and oxygen atoms in total. The summed E-state index contributed by atoms with van der Waals surface area (Å²) in [6.45, 7) is 0. The van der Waals surface area contributed by atoms with Crippen molar-refractivity contribution in [3.63, 3.8) is 0 Å². The maximum Gasteiger partial charge on any atom is 0.224 e. The summed E-state index contributed by atoms with van der Waals surface area (Å²) in [6.07, 6.45) is 4.29. The lowest BCUT2D eigenvalue weighted by Crippen LogP contribution is -2.13. The average Bonchev–Trinajstić information content (AvgIpc) is 2.48. The van der Waals surface area contributed by atoms with Crippen molar-refractivity contribution in [2.75, 3.05) is 16.8 Å². The number of nitrogen functional groups attached to an aromatic ring is 1. The van der Waals surface area contributed by atoms with Gasteiger partial charge in [-0.2, -0.15) is 0 Å². The van der Waals surface area contributed by atoms with Crippen LogP contribution in [0.1, 0.15) is 12.8 Å². The van der Waals surface area contributed by atoms with Crippen LogP contribution >= 0.6 is 11.8 Å². The minimum absolute atomic E-state index is 0.110. The largest absolute Gasteiger partial charge is 0.399 e. The fraction of sp³-hybridized carbons (Fsp3) is 0.214. The zero-order valence-electron chi connectivity index (χ0n) is 11.3. The van der Waals surface area contributed by atoms with Crippen molar-refractivity contribution in [2.24, 2.45) is 0 Å². The Hall–Kier alpha value is -2.15. The van der Waals surface area contributed by atoms with Crippen molar-refractivity contribution in [1.29, 1.82) is 0 Å². The molecule has 3 N–H and O–H groups in total. The number of rotatable bonds is 6. The Morgan fingerprint density at radius 1 is 1.33 bits per heavy atom. The Kier molecular flexibility index (Phi) is 5.51. The van der Waals surface area contributed by atoms with Gasteiger partial charge in [-0.15, -0.1) is 0 Å². The van der Waals surface area contributed by atoms with Gasteiger partial charge in [-0.05, 0) is 30.7 Å². The maximum absolute atomic E-state index is 13.4. The molecule has 0 radical (unpaired) electrons. The molecule has 7 heteroatoms. The molecule has 0 aliphatic rings. The van der Waals surface area contributed by atoms with Crippen molar-refractivity contribution in [2.45, 2.75) is 18.0 Å². The zero-order valence-corrected chi connectivity index (χ0v) is 12.1. The molecule has 0 saturated carbocycles. The van der Waals surface area contributed by atoms with Crippen molar-refractivity contribution in [1.82, 2.24) is 9.97 Å². The monoisotopic (exact) mass is 306 g/mol. The summed E-state index contributed by atoms with van der Waals surface area (Å²) in [5.41, 5.74) is 6.07. The van der Waals surface area contributed by atoms with E-state index in [0.29, 0.717) is 23.7 Å². The molecule has 0 fully saturated rings. The molecule has 0 aliphatic heterocycles. The van der Waals surface area contributed by atoms with Gasteiger partial charge in [0.1, 0.15) is 5.82 Å². The molecule has 0 bridgehead atoms. The van der Waals surface area contributed by atoms with E-state index in [1.165, 1.54) is 30.0 Å². The van der Waals surface area contributed by atoms with E-state index in [9.17, 15) is 9.18 Å². The van der Waals surface area contributed by atoms with Crippen LogP contribution in [0.4, 0.5) is 15.8 Å². The van der Waals surface area contributed by atoms with E-state index in [4.69, 9.17) is 5.73 Å². The summed E-state index contributed by atoms with van der Waals surface area (Å²) in [6, 6.07) is 5.83. The van der Waals surface area contributed by atoms with Gasteiger partial charge in [-0.1, -0.05) is 11.8 Å². The zero-order chi connectivity index (χ0) is 15.1. The molecule has 1 heterocycles. The minimum atomic E-state index is -0.496. The van der Waals surface area contributed by atoms with Gasteiger partial charge in [0, 0.05) is 30.3 Å². The van der Waals surface area contributed by atoms with Gasteiger partial charge in [0.2, 0.25) is 5.91 Å². The Bertz CT molecular complexity index is 609. The van der Waals surface area contributed by atoms with Crippen LogP contribution in [0.25, 0.3) is 0 Å². The number of carbonyl (C=O) groups excluding carboxylic acids is 1. The first kappa shape index (κ1) is 15.2. The molecule has 0 aliphatic carbocycles. The van der Waals surface area contributed by atoms with Gasteiger partial charge in [0.15, 0.2) is 5.16 Å². The molecule has 0 unspecified atom stereocenters. The highest BCUT2D eigenvalue weighted by Gasteiger charge is 2.07. The van der Waals surface area contributed by atoms with Crippen LogP contribution in [0.15, 0.2) is 41.8 Å². The van der Waals surface area contributed by atoms with Crippen LogP contribution in [0.2, 0.25) is 0 Å². The van der Waals surface area contributed by atoms with E-state index >= 15 is 0 Å². The number of nitrogens with two attached hydrogens (primary N) is 1. The van der Waals surface area contributed by atoms with Crippen molar-refractivity contribution in [3.8, 4) is 0 Å². The SMILES string of the molecule is Nc1ccc(F)c(NC(=O)CCCSc2ncccn2)c1. The molecular weight excluding hydrogens is 291 g/mol. The van der Waals surface area contributed by atoms with Crippen LogP contribution in [0.5, 0.6) is 0 Å². The van der Waals surface area contributed by atoms with Crippen molar-refractivity contribution >= 4 is 29.0 Å². The lowest BCUT2D eigenvalue weighted by molar-refractivity contribution is -0.116. The molecule has 0 atom stereocenters. The Morgan fingerprint density at radius 3 is 2.86 bits per heavy atom. The normalized spacial score (nSPS) is 10.3. The summed E-state index contributed by atoms with van der Waals surface area (Å²) in [5.74, 6) is -0.0182. The van der Waals surface area contributed by atoms with Gasteiger partial charge >= 0.3 is 0 Å². The van der Waals surface area contributed by atoms with Gasteiger partial charge < -0.3 is 11.1 Å². The van der Waals surface area contributed by atoms with Crippen molar-refractivity contribution in [3.05, 3.63) is 42.5 Å². The molecule has 1 aromatic heterocycles. The number of thioether (sulfide) groups is 1. The quantitative estimate of drug-likeness (QED) is 0.371. The first-order chi connectivity index (χ1) is 10.1. The number of aromatic nitrogens is 2. The second-order valence-corrected chi connectivity index (χ2v) is 5.33. The highest BCUT2D eigenvalue weighted by atomic mass is 32.2. The summed E-state index contributed by atoms with van der Waals surface area (Å²) >= 11 is 1.48. The first-order valence-corrected chi connectivity index (χ1v) is 7.38. The predicted octanol–water partition coefficient (Wildman–Crippen LogP) is 2.71. The fourth-order valence-corrected chi connectivity index (χ4v) is 2.35. The van der Waals surface area contributed by atoms with Gasteiger partial charge in [-0.3, -0.25) is 4.79 Å². The number of halogens is 1. The number of hydrogen-bond acceptors (Lipinski definition) is 5. The second-order valence-electron chi connectivity index (χ2n) is 4.27. The summed E-state index contributed by atoms with van der Waals surface area (Å²) in [5, 5.41) is 3.20. The fourth-order valence-electron chi connectivity index (χ4n) is 1.61. The van der Waals surface area contributed by atoms with E-state index in [-0.39, 0.29) is 11.6 Å². The van der Waals surface area contributed by atoms with Crippen LogP contribution in [0, 0.1) is 5.82 Å². The molecule has 2 rings (SSSR count). The van der Waals surface area contributed by atoms with Gasteiger partial charge in [0.05, 0.1) is 5.69 Å². The molecule has 0 saturated heterocycles. The predicted molar refractivity (Wildman–Crippen MR) is 81.4 cm³/mol. The van der Waals surface area contributed by atoms with E-state index in [0.717, 1.165) is 5.75 Å². The molecule has 21 heavy (non-hydrogen) atoms. The third-order valence-corrected chi connectivity index (χ3v) is 3.55. The standard InChI is InChI=1S/C14H15FN4OS/c15-11-5-4-10(16)9-12(11)19-13(20)3-1-8-21-14-17-6-2-7-18-14/h2,4-7,9H,1,3,8,16H2,(H,19,20). The summed E-state index contributed by atoms with van der Waals surface area (Å²) in [4.78, 5) is 19.9. The first-order valence-electron chi connectivity index (χ1n) is 6.40. The molecule has 110 valence electrons. The van der Waals surface area contributed by atoms with E-state index in [2.05, 4.69) is 15.3 Å². The Labute approximate surface area is 126 Å². The number of hydrogen-bond donors (Lipinski definition) is 2. The van der Waals surface area contributed by atoms with Crippen LogP contribution in [-0.2, 0) is 4.79 Å². The summed E-state index contributed by atoms with van der Waals surface area (Å²) < 4.78 is 13.4. The van der Waals surface area contributed by atoms with E-state index in [1.807, 2.05) is 0 Å². The maximum atomic E-state index is 13.4. The molecule has 0 spiro atoms. The Morgan fingerprint density at radius 2 is 2.10 bits per heavy atom. The number of nitrogens with one attached hydrogen (secondary N) is 1. The molecular formula is C14H15FN4OS. The van der Waals surface area contributed by atoms with Crippen LogP contribution in [0.3, 0.4) is 0 Å². The second kappa shape index (κ2) is 7.58. The lowest BCUT2D eigenvalue weighted by atomic mass is 10.2. The highest BCUT2D eigenvalue weighted by molar-refractivity contribution is 7.99. The van der Waals surface area contributed by atoms with Crippen LogP contribution in [-0.4, -0.2) is 21.6 Å². The molecule has 1 aromatic carbocycles. The number of amides is 1. The number of anilines is 2. The van der Waals surface area contributed by atoms with E-state index in [1.54, 1.807) is 18.5 Å². The third-order valence-electron chi connectivity index (χ3n) is 2.59. The third kappa shape index (κ3) is 5.03. The number of nitrogens with zero attached hydrogens (tertiary/aromatic N) is 2. The van der Waals surface area contributed by atoms with Crippen molar-refractivity contribution < 1.29 is 9.18 Å². The Balaban J connectivity index is 1.74. The van der Waals surface area contributed by atoms with Gasteiger partial charge in [-0.25, -0.2) is 14.4 Å². The molecule has 1 amide bonds. The van der Waals surface area contributed by atoms with Gasteiger partial charge in [0.25, 0.3) is 0 Å². The molecule has 2 aromatic rings.